The average molecular weight is 287 g/mol. The van der Waals surface area contributed by atoms with E-state index in [1.54, 1.807) is 30.3 Å². The fraction of sp³-hybridized carbons (Fsp3) is 0.250. The van der Waals surface area contributed by atoms with Crippen molar-refractivity contribution in [1.29, 1.82) is 0 Å². The number of benzene rings is 1. The van der Waals surface area contributed by atoms with E-state index < -0.39 is 12.1 Å². The first-order valence-corrected chi connectivity index (χ1v) is 6.64. The zero-order valence-electron chi connectivity index (χ0n) is 12.0. The van der Waals surface area contributed by atoms with Crippen LogP contribution in [0.2, 0.25) is 0 Å². The van der Waals surface area contributed by atoms with E-state index in [1.165, 1.54) is 13.2 Å². The van der Waals surface area contributed by atoms with Gasteiger partial charge in [0.15, 0.2) is 6.10 Å². The van der Waals surface area contributed by atoms with Gasteiger partial charge in [-0.15, -0.1) is 0 Å². The number of carbonyl (C=O) groups is 2. The second kappa shape index (κ2) is 6.74. The first-order valence-electron chi connectivity index (χ1n) is 6.64. The predicted molar refractivity (Wildman–Crippen MR) is 76.6 cm³/mol. The molecule has 1 heterocycles. The minimum Gasteiger partial charge on any atom is -0.467 e. The smallest absolute Gasteiger partial charge is 0.338 e. The molecule has 0 aliphatic rings. The van der Waals surface area contributed by atoms with Gasteiger partial charge in [-0.05, 0) is 38.1 Å². The summed E-state index contributed by atoms with van der Waals surface area (Å²) < 4.78 is 10.2. The summed E-state index contributed by atoms with van der Waals surface area (Å²) in [5, 5.41) is 2.64. The van der Waals surface area contributed by atoms with Gasteiger partial charge in [-0.25, -0.2) is 4.79 Å². The van der Waals surface area contributed by atoms with E-state index in [4.69, 9.17) is 9.15 Å². The largest absolute Gasteiger partial charge is 0.467 e. The maximum Gasteiger partial charge on any atom is 0.338 e. The first kappa shape index (κ1) is 14.8. The molecule has 0 saturated carbocycles. The molecule has 0 aliphatic heterocycles. The molecule has 0 unspecified atom stereocenters. The number of ether oxygens (including phenoxy) is 1. The van der Waals surface area contributed by atoms with E-state index in [-0.39, 0.29) is 12.5 Å². The summed E-state index contributed by atoms with van der Waals surface area (Å²) in [5.74, 6) is -0.243. The van der Waals surface area contributed by atoms with Gasteiger partial charge in [0.2, 0.25) is 0 Å². The Labute approximate surface area is 122 Å². The molecule has 1 N–H and O–H groups in total. The van der Waals surface area contributed by atoms with E-state index in [0.717, 1.165) is 5.56 Å². The van der Waals surface area contributed by atoms with Crippen molar-refractivity contribution < 1.29 is 18.7 Å². The normalized spacial score (nSPS) is 11.7. The molecule has 1 aromatic carbocycles. The summed E-state index contributed by atoms with van der Waals surface area (Å²) in [6, 6.07) is 10.5. The molecule has 0 bridgehead atoms. The van der Waals surface area contributed by atoms with Crippen LogP contribution in [0.25, 0.3) is 0 Å². The van der Waals surface area contributed by atoms with E-state index in [1.807, 2.05) is 13.0 Å². The quantitative estimate of drug-likeness (QED) is 0.858. The van der Waals surface area contributed by atoms with Gasteiger partial charge < -0.3 is 14.5 Å². The third kappa shape index (κ3) is 4.21. The summed E-state index contributed by atoms with van der Waals surface area (Å²) in [7, 11) is 0. The van der Waals surface area contributed by atoms with Gasteiger partial charge in [0.1, 0.15) is 5.76 Å². The molecule has 0 aliphatic carbocycles. The maximum absolute atomic E-state index is 11.9. The van der Waals surface area contributed by atoms with Gasteiger partial charge in [0, 0.05) is 0 Å². The zero-order chi connectivity index (χ0) is 15.2. The van der Waals surface area contributed by atoms with Crippen LogP contribution in [0, 0.1) is 6.92 Å². The van der Waals surface area contributed by atoms with Crippen molar-refractivity contribution in [1.82, 2.24) is 5.32 Å². The molecular formula is C16H17NO4. The highest BCUT2D eigenvalue weighted by Gasteiger charge is 2.18. The maximum atomic E-state index is 11.9. The van der Waals surface area contributed by atoms with Crippen molar-refractivity contribution in [3.05, 3.63) is 59.5 Å². The van der Waals surface area contributed by atoms with E-state index in [9.17, 15) is 9.59 Å². The highest BCUT2D eigenvalue weighted by Crippen LogP contribution is 2.07. The van der Waals surface area contributed by atoms with Crippen molar-refractivity contribution in [2.24, 2.45) is 0 Å². The van der Waals surface area contributed by atoms with Crippen LogP contribution in [-0.4, -0.2) is 18.0 Å². The predicted octanol–water partition coefficient (Wildman–Crippen LogP) is 2.45. The summed E-state index contributed by atoms with van der Waals surface area (Å²) in [6.07, 6.45) is 0.663. The van der Waals surface area contributed by atoms with Gasteiger partial charge in [-0.1, -0.05) is 17.7 Å². The zero-order valence-corrected chi connectivity index (χ0v) is 12.0. The van der Waals surface area contributed by atoms with Crippen LogP contribution in [-0.2, 0) is 16.1 Å². The minimum absolute atomic E-state index is 0.262. The number of furan rings is 1. The number of nitrogens with one attached hydrogen (secondary N) is 1. The Hall–Kier alpha value is -2.56. The van der Waals surface area contributed by atoms with E-state index in [0.29, 0.717) is 11.3 Å². The lowest BCUT2D eigenvalue weighted by Crippen LogP contribution is -2.35. The number of esters is 1. The van der Waals surface area contributed by atoms with Gasteiger partial charge in [0.05, 0.1) is 18.4 Å². The molecule has 2 rings (SSSR count). The molecule has 110 valence electrons. The second-order valence-corrected chi connectivity index (χ2v) is 4.71. The highest BCUT2D eigenvalue weighted by atomic mass is 16.5. The van der Waals surface area contributed by atoms with Crippen LogP contribution in [0.3, 0.4) is 0 Å². The molecule has 0 saturated heterocycles. The third-order valence-electron chi connectivity index (χ3n) is 2.92. The number of carbonyl (C=O) groups excluding carboxylic acids is 2. The van der Waals surface area contributed by atoms with Crippen molar-refractivity contribution in [3.63, 3.8) is 0 Å². The molecule has 2 aromatic rings. The lowest BCUT2D eigenvalue weighted by atomic mass is 10.1. The van der Waals surface area contributed by atoms with Crippen LogP contribution < -0.4 is 5.32 Å². The molecule has 5 heteroatoms. The van der Waals surface area contributed by atoms with Crippen LogP contribution in [0.5, 0.6) is 0 Å². The number of hydrogen-bond donors (Lipinski definition) is 1. The number of aryl methyl sites for hydroxylation is 1. The van der Waals surface area contributed by atoms with E-state index >= 15 is 0 Å². The second-order valence-electron chi connectivity index (χ2n) is 4.71. The van der Waals surface area contributed by atoms with E-state index in [2.05, 4.69) is 5.32 Å². The third-order valence-corrected chi connectivity index (χ3v) is 2.92. The lowest BCUT2D eigenvalue weighted by molar-refractivity contribution is -0.129. The van der Waals surface area contributed by atoms with Crippen molar-refractivity contribution in [2.45, 2.75) is 26.5 Å². The molecule has 1 aromatic heterocycles. The number of rotatable bonds is 5. The molecule has 1 atom stereocenters. The summed E-state index contributed by atoms with van der Waals surface area (Å²) >= 11 is 0. The Balaban J connectivity index is 1.86. The lowest BCUT2D eigenvalue weighted by Gasteiger charge is -2.13. The van der Waals surface area contributed by atoms with Gasteiger partial charge in [-0.2, -0.15) is 0 Å². The van der Waals surface area contributed by atoms with Crippen LogP contribution in [0.4, 0.5) is 0 Å². The Morgan fingerprint density at radius 2 is 2.10 bits per heavy atom. The van der Waals surface area contributed by atoms with Crippen molar-refractivity contribution in [2.75, 3.05) is 0 Å². The SMILES string of the molecule is Cc1cccc(C(=O)O[C@@H](C)C(=O)NCc2ccco2)c1. The van der Waals surface area contributed by atoms with Crippen LogP contribution >= 0.6 is 0 Å². The average Bonchev–Trinajstić information content (AvgIpc) is 2.97. The Morgan fingerprint density at radius 3 is 2.76 bits per heavy atom. The fourth-order valence-corrected chi connectivity index (χ4v) is 1.79. The Bertz CT molecular complexity index is 619. The van der Waals surface area contributed by atoms with Crippen LogP contribution in [0.15, 0.2) is 47.1 Å². The molecule has 5 nitrogen and oxygen atoms in total. The Kier molecular flexibility index (Phi) is 4.77. The van der Waals surface area contributed by atoms with Gasteiger partial charge in [-0.3, -0.25) is 4.79 Å². The minimum atomic E-state index is -0.868. The topological polar surface area (TPSA) is 68.5 Å². The Morgan fingerprint density at radius 1 is 1.29 bits per heavy atom. The fourth-order valence-electron chi connectivity index (χ4n) is 1.79. The summed E-state index contributed by atoms with van der Waals surface area (Å²) in [6.45, 7) is 3.68. The molecule has 1 amide bonds. The van der Waals surface area contributed by atoms with Gasteiger partial charge >= 0.3 is 5.97 Å². The number of hydrogen-bond acceptors (Lipinski definition) is 4. The van der Waals surface area contributed by atoms with Crippen LogP contribution in [0.1, 0.15) is 28.6 Å². The molecular weight excluding hydrogens is 270 g/mol. The highest BCUT2D eigenvalue weighted by molar-refractivity contribution is 5.92. The number of amides is 1. The summed E-state index contributed by atoms with van der Waals surface area (Å²) in [5.41, 5.74) is 1.39. The standard InChI is InChI=1S/C16H17NO4/c1-11-5-3-6-13(9-11)16(19)21-12(2)15(18)17-10-14-7-4-8-20-14/h3-9,12H,10H2,1-2H3,(H,17,18)/t12-/m0/s1. The molecule has 0 spiro atoms. The molecule has 21 heavy (non-hydrogen) atoms. The first-order chi connectivity index (χ1) is 10.1. The van der Waals surface area contributed by atoms with Crippen molar-refractivity contribution >= 4 is 11.9 Å². The summed E-state index contributed by atoms with van der Waals surface area (Å²) in [4.78, 5) is 23.8. The van der Waals surface area contributed by atoms with Gasteiger partial charge in [0.25, 0.3) is 5.91 Å². The molecule has 0 fully saturated rings. The monoisotopic (exact) mass is 287 g/mol. The van der Waals surface area contributed by atoms with Crippen molar-refractivity contribution in [3.8, 4) is 0 Å². The molecule has 0 radical (unpaired) electrons.